The fraction of sp³-hybridized carbons (Fsp3) is 0.175. The number of hydrogen-bond donors (Lipinski definition) is 2. The normalized spacial score (nSPS) is 10.6. The summed E-state index contributed by atoms with van der Waals surface area (Å²) in [6.45, 7) is 0.490. The van der Waals surface area contributed by atoms with Crippen molar-refractivity contribution >= 4 is 62.9 Å². The zero-order valence-corrected chi connectivity index (χ0v) is 29.7. The summed E-state index contributed by atoms with van der Waals surface area (Å²) in [5, 5.41) is 10.3. The van der Waals surface area contributed by atoms with E-state index < -0.39 is 11.9 Å². The summed E-state index contributed by atoms with van der Waals surface area (Å²) in [4.78, 5) is 52.2. The van der Waals surface area contributed by atoms with Crippen LogP contribution in [0.5, 0.6) is 17.2 Å². The Morgan fingerprint density at radius 2 is 1.40 bits per heavy atom. The first-order valence-corrected chi connectivity index (χ1v) is 17.3. The summed E-state index contributed by atoms with van der Waals surface area (Å²) in [5.41, 5.74) is 4.20. The summed E-state index contributed by atoms with van der Waals surface area (Å²) >= 11 is 11.6. The van der Waals surface area contributed by atoms with E-state index in [0.29, 0.717) is 39.8 Å². The molecule has 0 aliphatic carbocycles. The van der Waals surface area contributed by atoms with E-state index in [9.17, 15) is 14.4 Å². The van der Waals surface area contributed by atoms with Gasteiger partial charge in [0.25, 0.3) is 5.91 Å². The first kappa shape index (κ1) is 37.5. The monoisotopic (exact) mass is 742 g/mol. The first-order valence-electron chi connectivity index (χ1n) is 16.3. The van der Waals surface area contributed by atoms with E-state index >= 15 is 0 Å². The summed E-state index contributed by atoms with van der Waals surface area (Å²) < 4.78 is 11.2. The van der Waals surface area contributed by atoms with Gasteiger partial charge < -0.3 is 24.5 Å². The topological polar surface area (TPSA) is 127 Å². The van der Waals surface area contributed by atoms with Crippen molar-refractivity contribution in [1.82, 2.24) is 9.88 Å². The Morgan fingerprint density at radius 1 is 0.731 bits per heavy atom. The maximum Gasteiger partial charge on any atom is 0.357 e. The van der Waals surface area contributed by atoms with E-state index in [1.807, 2.05) is 54.6 Å². The van der Waals surface area contributed by atoms with Gasteiger partial charge in [0.2, 0.25) is 0 Å². The van der Waals surface area contributed by atoms with E-state index in [1.165, 1.54) is 0 Å². The van der Waals surface area contributed by atoms with Gasteiger partial charge in [-0.15, -0.1) is 23.2 Å². The number of methoxy groups -OCH3 is 1. The summed E-state index contributed by atoms with van der Waals surface area (Å²) in [5.74, 6) is 0.376. The number of H-pyrrole nitrogens is 1. The van der Waals surface area contributed by atoms with Gasteiger partial charge in [0.1, 0.15) is 6.61 Å². The van der Waals surface area contributed by atoms with Crippen molar-refractivity contribution in [3.63, 3.8) is 0 Å². The molecule has 0 atom stereocenters. The van der Waals surface area contributed by atoms with E-state index in [4.69, 9.17) is 47.6 Å². The largest absolute Gasteiger partial charge is 0.493 e. The van der Waals surface area contributed by atoms with Crippen LogP contribution >= 0.6 is 23.2 Å². The van der Waals surface area contributed by atoms with Gasteiger partial charge >= 0.3 is 11.9 Å². The molecule has 1 amide bonds. The highest BCUT2D eigenvalue weighted by molar-refractivity contribution is 6.18. The van der Waals surface area contributed by atoms with Crippen LogP contribution in [0, 0.1) is 0 Å². The Morgan fingerprint density at radius 3 is 2.13 bits per heavy atom. The second kappa shape index (κ2) is 18.5. The van der Waals surface area contributed by atoms with Crippen molar-refractivity contribution in [3.8, 4) is 17.2 Å². The molecule has 10 nitrogen and oxygen atoms in total. The number of para-hydroxylation sites is 3. The molecule has 1 heterocycles. The molecule has 0 saturated carbocycles. The fourth-order valence-corrected chi connectivity index (χ4v) is 5.78. The number of nitrogens with zero attached hydrogens (tertiary/aromatic N) is 1. The minimum atomic E-state index is -0.911. The third-order valence-electron chi connectivity index (χ3n) is 8.02. The Balaban J connectivity index is 0.000000407. The molecule has 1 aromatic heterocycles. The van der Waals surface area contributed by atoms with Gasteiger partial charge in [-0.05, 0) is 59.7 Å². The molecule has 0 unspecified atom stereocenters. The lowest BCUT2D eigenvalue weighted by atomic mass is 10.1. The fourth-order valence-electron chi connectivity index (χ4n) is 5.37. The summed E-state index contributed by atoms with van der Waals surface area (Å²) in [7, 11) is 1.56. The van der Waals surface area contributed by atoms with E-state index in [0.717, 1.165) is 27.4 Å². The zero-order valence-electron chi connectivity index (χ0n) is 28.2. The number of rotatable bonds is 14. The molecule has 0 bridgehead atoms. The highest BCUT2D eigenvalue weighted by atomic mass is 35.5. The van der Waals surface area contributed by atoms with Crippen LogP contribution in [0.4, 0.5) is 0 Å². The number of halogens is 2. The van der Waals surface area contributed by atoms with Gasteiger partial charge in [0, 0.05) is 34.8 Å². The Hall–Kier alpha value is -5.71. The number of carboxylic acids is 1. The van der Waals surface area contributed by atoms with Crippen molar-refractivity contribution in [2.45, 2.75) is 18.2 Å². The molecule has 2 N–H and O–H groups in total. The molecule has 0 spiro atoms. The van der Waals surface area contributed by atoms with Crippen molar-refractivity contribution in [2.75, 3.05) is 26.8 Å². The summed E-state index contributed by atoms with van der Waals surface area (Å²) in [6, 6.07) is 34.2. The Bertz CT molecular complexity index is 2130. The molecular formula is C40H36Cl2N2O8. The lowest BCUT2D eigenvalue weighted by Crippen LogP contribution is -2.37. The molecule has 268 valence electrons. The van der Waals surface area contributed by atoms with Gasteiger partial charge in [-0.1, -0.05) is 66.7 Å². The second-order valence-corrected chi connectivity index (χ2v) is 11.9. The predicted molar refractivity (Wildman–Crippen MR) is 200 cm³/mol. The quantitative estimate of drug-likeness (QED) is 0.0645. The van der Waals surface area contributed by atoms with Crippen LogP contribution in [-0.4, -0.2) is 59.6 Å². The van der Waals surface area contributed by atoms with Crippen molar-refractivity contribution < 1.29 is 38.7 Å². The number of aromatic nitrogens is 1. The van der Waals surface area contributed by atoms with Crippen LogP contribution < -0.4 is 14.4 Å². The number of carbonyl (C=O) groups excluding carboxylic acids is 2. The van der Waals surface area contributed by atoms with Crippen LogP contribution in [0.25, 0.3) is 21.8 Å². The predicted octanol–water partition coefficient (Wildman–Crippen LogP) is 8.64. The van der Waals surface area contributed by atoms with Gasteiger partial charge in [-0.2, -0.15) is 0 Å². The highest BCUT2D eigenvalue weighted by Gasteiger charge is 2.21. The molecule has 6 aromatic rings. The lowest BCUT2D eigenvalue weighted by Gasteiger charge is -2.23. The minimum Gasteiger partial charge on any atom is -0.493 e. The van der Waals surface area contributed by atoms with Crippen molar-refractivity contribution in [3.05, 3.63) is 138 Å². The van der Waals surface area contributed by atoms with Crippen molar-refractivity contribution in [2.24, 2.45) is 0 Å². The molecule has 5 aromatic carbocycles. The molecule has 0 radical (unpaired) electrons. The highest BCUT2D eigenvalue weighted by Crippen LogP contribution is 2.33. The van der Waals surface area contributed by atoms with Crippen LogP contribution in [0.15, 0.2) is 115 Å². The van der Waals surface area contributed by atoms with E-state index in [2.05, 4.69) is 4.98 Å². The van der Waals surface area contributed by atoms with E-state index in [1.54, 1.807) is 72.7 Å². The third-order valence-corrected chi connectivity index (χ3v) is 8.62. The number of ether oxygens (including phenoxy) is 2. The number of nitrogens with one attached hydrogen (secondary N) is 1. The number of alkyl halides is 2. The number of carbonyl (C=O) groups is 3. The second-order valence-electron chi connectivity index (χ2n) is 11.4. The SMILES string of the molecule is COc1ccccc1OCCN(CCC(=O)OOc1cccc2[nH]c3ccccc3c12)C(=O)c1ccccc1CCl.O=C(O)c1ccc(CCl)cc1. The molecule has 12 heteroatoms. The third kappa shape index (κ3) is 9.54. The van der Waals surface area contributed by atoms with Crippen LogP contribution in [0.1, 0.15) is 38.3 Å². The standard InChI is InChI=1S/C32H29ClN2O6.C8H7ClO2/c1-38-27-14-6-7-15-28(27)39-20-19-35(32(37)23-10-3-2-9-22(23)21-33)18-17-30(36)41-40-29-16-8-13-26-31(29)24-11-4-5-12-25(24)34-26;9-5-6-1-3-7(4-2-6)8(10)11/h2-16,34H,17-21H2,1H3;1-4H,5H2,(H,10,11). The lowest BCUT2D eigenvalue weighted by molar-refractivity contribution is -0.213. The van der Waals surface area contributed by atoms with Crippen LogP contribution in [0.3, 0.4) is 0 Å². The van der Waals surface area contributed by atoms with E-state index in [-0.39, 0.29) is 37.9 Å². The average molecular weight is 744 g/mol. The molecule has 0 fully saturated rings. The minimum absolute atomic E-state index is 0.0875. The zero-order chi connectivity index (χ0) is 36.9. The van der Waals surface area contributed by atoms with Gasteiger partial charge in [-0.25, -0.2) is 9.59 Å². The molecule has 52 heavy (non-hydrogen) atoms. The molecular weight excluding hydrogens is 707 g/mol. The Kier molecular flexibility index (Phi) is 13.4. The maximum atomic E-state index is 13.5. The van der Waals surface area contributed by atoms with Crippen LogP contribution in [0.2, 0.25) is 0 Å². The van der Waals surface area contributed by atoms with Gasteiger partial charge in [0.15, 0.2) is 17.2 Å². The van der Waals surface area contributed by atoms with Gasteiger partial charge in [-0.3, -0.25) is 14.6 Å². The van der Waals surface area contributed by atoms with Crippen LogP contribution in [-0.2, 0) is 21.4 Å². The average Bonchev–Trinajstić information content (AvgIpc) is 3.58. The first-order chi connectivity index (χ1) is 25.3. The molecule has 0 saturated heterocycles. The number of aromatic carboxylic acids is 1. The number of aromatic amines is 1. The number of hydrogen-bond acceptors (Lipinski definition) is 7. The number of fused-ring (bicyclic) bond motifs is 3. The number of carboxylic acid groups (broad SMARTS) is 1. The maximum absolute atomic E-state index is 13.5. The van der Waals surface area contributed by atoms with Crippen molar-refractivity contribution in [1.29, 1.82) is 0 Å². The molecule has 0 aliphatic heterocycles. The number of benzene rings is 5. The summed E-state index contributed by atoms with van der Waals surface area (Å²) in [6.07, 6.45) is -0.0900. The van der Waals surface area contributed by atoms with Gasteiger partial charge in [0.05, 0.1) is 36.5 Å². The molecule has 6 rings (SSSR count). The number of amides is 1. The molecule has 0 aliphatic rings. The Labute approximate surface area is 310 Å². The smallest absolute Gasteiger partial charge is 0.357 e.